The van der Waals surface area contributed by atoms with Gasteiger partial charge in [0.2, 0.25) is 5.91 Å². The first-order chi connectivity index (χ1) is 9.74. The zero-order valence-electron chi connectivity index (χ0n) is 11.2. The predicted octanol–water partition coefficient (Wildman–Crippen LogP) is 2.91. The van der Waals surface area contributed by atoms with Crippen molar-refractivity contribution >= 4 is 11.6 Å². The summed E-state index contributed by atoms with van der Waals surface area (Å²) in [5.74, 6) is 0.289. The minimum absolute atomic E-state index is 0.0859. The minimum Gasteiger partial charge on any atom is -0.508 e. The van der Waals surface area contributed by atoms with Gasteiger partial charge in [-0.3, -0.25) is 4.79 Å². The summed E-state index contributed by atoms with van der Waals surface area (Å²) in [4.78, 5) is 14.3. The molecule has 2 aromatic rings. The molecular weight excluding hydrogens is 250 g/mol. The van der Waals surface area contributed by atoms with Crippen LogP contribution in [0, 0.1) is 0 Å². The van der Waals surface area contributed by atoms with Crippen LogP contribution in [0.25, 0.3) is 0 Å². The maximum Gasteiger partial charge on any atom is 0.231 e. The Kier molecular flexibility index (Phi) is 3.42. The number of phenolic OH excluding ortho intramolecular Hbond substituents is 1. The molecule has 1 N–H and O–H groups in total. The molecule has 0 unspecified atom stereocenters. The van der Waals surface area contributed by atoms with E-state index in [2.05, 4.69) is 6.07 Å². The smallest absolute Gasteiger partial charge is 0.231 e. The molecule has 1 heterocycles. The maximum absolute atomic E-state index is 12.5. The summed E-state index contributed by atoms with van der Waals surface area (Å²) >= 11 is 0. The largest absolute Gasteiger partial charge is 0.508 e. The monoisotopic (exact) mass is 267 g/mol. The van der Waals surface area contributed by atoms with Crippen LogP contribution in [0.2, 0.25) is 0 Å². The van der Waals surface area contributed by atoms with Gasteiger partial charge >= 0.3 is 0 Å². The molecule has 1 amide bonds. The van der Waals surface area contributed by atoms with Crippen molar-refractivity contribution in [3.8, 4) is 5.75 Å². The van der Waals surface area contributed by atoms with Gasteiger partial charge in [-0.2, -0.15) is 0 Å². The van der Waals surface area contributed by atoms with Gasteiger partial charge in [0.25, 0.3) is 0 Å². The van der Waals surface area contributed by atoms with Gasteiger partial charge in [0, 0.05) is 12.2 Å². The van der Waals surface area contributed by atoms with Crippen molar-refractivity contribution in [2.24, 2.45) is 0 Å². The lowest BCUT2D eigenvalue weighted by atomic mass is 10.0. The van der Waals surface area contributed by atoms with E-state index in [9.17, 15) is 9.90 Å². The first-order valence-corrected chi connectivity index (χ1v) is 6.90. The minimum atomic E-state index is 0.0859. The first kappa shape index (κ1) is 12.7. The molecule has 0 fully saturated rings. The third kappa shape index (κ3) is 2.52. The maximum atomic E-state index is 12.5. The zero-order valence-corrected chi connectivity index (χ0v) is 11.2. The van der Waals surface area contributed by atoms with Gasteiger partial charge in [-0.05, 0) is 42.2 Å². The lowest BCUT2D eigenvalue weighted by molar-refractivity contribution is -0.118. The predicted molar refractivity (Wildman–Crippen MR) is 78.9 cm³/mol. The van der Waals surface area contributed by atoms with Crippen molar-refractivity contribution in [3.05, 3.63) is 59.7 Å². The molecule has 0 saturated heterocycles. The van der Waals surface area contributed by atoms with E-state index in [1.807, 2.05) is 29.2 Å². The molecule has 0 spiro atoms. The van der Waals surface area contributed by atoms with Gasteiger partial charge in [-0.1, -0.05) is 30.3 Å². The van der Waals surface area contributed by atoms with Crippen molar-refractivity contribution in [2.45, 2.75) is 19.3 Å². The van der Waals surface area contributed by atoms with Crippen LogP contribution in [0.15, 0.2) is 48.5 Å². The Morgan fingerprint density at radius 3 is 2.85 bits per heavy atom. The van der Waals surface area contributed by atoms with E-state index in [4.69, 9.17) is 0 Å². The van der Waals surface area contributed by atoms with Crippen molar-refractivity contribution < 1.29 is 9.90 Å². The number of aryl methyl sites for hydroxylation is 1. The van der Waals surface area contributed by atoms with E-state index in [-0.39, 0.29) is 11.7 Å². The van der Waals surface area contributed by atoms with Crippen molar-refractivity contribution in [1.29, 1.82) is 0 Å². The highest BCUT2D eigenvalue weighted by Crippen LogP contribution is 2.27. The van der Waals surface area contributed by atoms with E-state index in [0.717, 1.165) is 30.6 Å². The number of hydrogen-bond donors (Lipinski definition) is 1. The molecule has 0 saturated carbocycles. The van der Waals surface area contributed by atoms with Crippen LogP contribution in [-0.4, -0.2) is 17.6 Å². The average Bonchev–Trinajstić information content (AvgIpc) is 2.46. The number of benzene rings is 2. The Morgan fingerprint density at radius 2 is 2.00 bits per heavy atom. The number of nitrogens with zero attached hydrogens (tertiary/aromatic N) is 1. The molecule has 0 aliphatic carbocycles. The van der Waals surface area contributed by atoms with Crippen molar-refractivity contribution in [2.75, 3.05) is 11.4 Å². The summed E-state index contributed by atoms with van der Waals surface area (Å²) in [5.41, 5.74) is 3.12. The molecule has 1 aliphatic rings. The Balaban J connectivity index is 1.82. The topological polar surface area (TPSA) is 40.5 Å². The molecule has 3 nitrogen and oxygen atoms in total. The molecule has 0 bridgehead atoms. The molecule has 102 valence electrons. The summed E-state index contributed by atoms with van der Waals surface area (Å²) in [7, 11) is 0. The molecule has 20 heavy (non-hydrogen) atoms. The zero-order chi connectivity index (χ0) is 13.9. The van der Waals surface area contributed by atoms with Crippen LogP contribution in [0.1, 0.15) is 17.5 Å². The normalized spacial score (nSPS) is 13.9. The van der Waals surface area contributed by atoms with E-state index >= 15 is 0 Å². The van der Waals surface area contributed by atoms with Crippen LogP contribution in [-0.2, 0) is 17.6 Å². The second-order valence-electron chi connectivity index (χ2n) is 5.12. The number of carbonyl (C=O) groups excluding carboxylic acids is 1. The fraction of sp³-hybridized carbons (Fsp3) is 0.235. The Morgan fingerprint density at radius 1 is 1.15 bits per heavy atom. The average molecular weight is 267 g/mol. The summed E-state index contributed by atoms with van der Waals surface area (Å²) in [6.07, 6.45) is 2.36. The fourth-order valence-electron chi connectivity index (χ4n) is 2.73. The molecular formula is C17H17NO2. The molecule has 3 rings (SSSR count). The Hall–Kier alpha value is -2.29. The summed E-state index contributed by atoms with van der Waals surface area (Å²) in [5, 5.41) is 9.47. The molecule has 1 aliphatic heterocycles. The van der Waals surface area contributed by atoms with Gasteiger partial charge in [-0.15, -0.1) is 0 Å². The lowest BCUT2D eigenvalue weighted by Gasteiger charge is -2.29. The Labute approximate surface area is 118 Å². The van der Waals surface area contributed by atoms with Gasteiger partial charge in [0.1, 0.15) is 5.75 Å². The highest BCUT2D eigenvalue weighted by Gasteiger charge is 2.21. The number of phenols is 1. The van der Waals surface area contributed by atoms with E-state index in [1.54, 1.807) is 18.2 Å². The molecule has 0 atom stereocenters. The number of rotatable bonds is 2. The quantitative estimate of drug-likeness (QED) is 0.909. The van der Waals surface area contributed by atoms with Crippen LogP contribution >= 0.6 is 0 Å². The highest BCUT2D eigenvalue weighted by atomic mass is 16.3. The lowest BCUT2D eigenvalue weighted by Crippen LogP contribution is -2.36. The van der Waals surface area contributed by atoms with Crippen LogP contribution in [0.5, 0.6) is 5.75 Å². The Bertz CT molecular complexity index is 636. The van der Waals surface area contributed by atoms with E-state index < -0.39 is 0 Å². The second kappa shape index (κ2) is 5.37. The SMILES string of the molecule is O=C(Cc1cccc(O)c1)N1CCCc2ccccc21. The molecule has 2 aromatic carbocycles. The number of aromatic hydroxyl groups is 1. The third-order valence-electron chi connectivity index (χ3n) is 3.68. The number of anilines is 1. The molecule has 0 aromatic heterocycles. The van der Waals surface area contributed by atoms with Crippen molar-refractivity contribution in [1.82, 2.24) is 0 Å². The summed E-state index contributed by atoms with van der Waals surface area (Å²) in [6.45, 7) is 0.772. The second-order valence-corrected chi connectivity index (χ2v) is 5.12. The number of amides is 1. The van der Waals surface area contributed by atoms with Gasteiger partial charge < -0.3 is 10.0 Å². The number of para-hydroxylation sites is 1. The third-order valence-corrected chi connectivity index (χ3v) is 3.68. The number of fused-ring (bicyclic) bond motifs is 1. The highest BCUT2D eigenvalue weighted by molar-refractivity contribution is 5.95. The molecule has 0 radical (unpaired) electrons. The van der Waals surface area contributed by atoms with Gasteiger partial charge in [0.15, 0.2) is 0 Å². The van der Waals surface area contributed by atoms with E-state index in [0.29, 0.717) is 6.42 Å². The van der Waals surface area contributed by atoms with Gasteiger partial charge in [0.05, 0.1) is 6.42 Å². The number of hydrogen-bond acceptors (Lipinski definition) is 2. The van der Waals surface area contributed by atoms with Crippen LogP contribution in [0.4, 0.5) is 5.69 Å². The van der Waals surface area contributed by atoms with Crippen LogP contribution < -0.4 is 4.90 Å². The summed E-state index contributed by atoms with van der Waals surface area (Å²) in [6, 6.07) is 15.0. The standard InChI is InChI=1S/C17H17NO2/c19-15-8-3-5-13(11-15)12-17(20)18-10-4-7-14-6-1-2-9-16(14)18/h1-3,5-6,8-9,11,19H,4,7,10,12H2. The van der Waals surface area contributed by atoms with Crippen molar-refractivity contribution in [3.63, 3.8) is 0 Å². The van der Waals surface area contributed by atoms with Gasteiger partial charge in [-0.25, -0.2) is 0 Å². The van der Waals surface area contributed by atoms with Crippen LogP contribution in [0.3, 0.4) is 0 Å². The molecule has 3 heteroatoms. The summed E-state index contributed by atoms with van der Waals surface area (Å²) < 4.78 is 0. The first-order valence-electron chi connectivity index (χ1n) is 6.90. The van der Waals surface area contributed by atoms with E-state index in [1.165, 1.54) is 5.56 Å². The fourth-order valence-corrected chi connectivity index (χ4v) is 2.73. The number of carbonyl (C=O) groups is 1.